The van der Waals surface area contributed by atoms with E-state index in [9.17, 15) is 4.79 Å². The van der Waals surface area contributed by atoms with Gasteiger partial charge in [-0.15, -0.1) is 0 Å². The smallest absolute Gasteiger partial charge is 0.238 e. The normalized spacial score (nSPS) is 17.1. The summed E-state index contributed by atoms with van der Waals surface area (Å²) in [5, 5.41) is 4.04. The van der Waals surface area contributed by atoms with Crippen molar-refractivity contribution < 1.29 is 4.79 Å². The summed E-state index contributed by atoms with van der Waals surface area (Å²) in [6, 6.07) is 5.73. The lowest BCUT2D eigenvalue weighted by molar-refractivity contribution is -0.132. The summed E-state index contributed by atoms with van der Waals surface area (Å²) in [6.07, 6.45) is 1.74. The maximum atomic E-state index is 11.4. The van der Waals surface area contributed by atoms with Crippen LogP contribution >= 0.6 is 0 Å². The summed E-state index contributed by atoms with van der Waals surface area (Å²) in [7, 11) is 0. The minimum Gasteiger partial charge on any atom is -0.334 e. The molecule has 4 heteroatoms. The number of pyridine rings is 1. The Labute approximate surface area is 82.9 Å². The highest BCUT2D eigenvalue weighted by Gasteiger charge is 2.18. The SMILES string of the molecule is O=C1C[N]CCN1Cc1ccccn1. The van der Waals surface area contributed by atoms with Gasteiger partial charge in [0, 0.05) is 19.3 Å². The lowest BCUT2D eigenvalue weighted by Crippen LogP contribution is -2.44. The molecule has 0 saturated carbocycles. The van der Waals surface area contributed by atoms with Gasteiger partial charge in [-0.1, -0.05) is 6.07 Å². The monoisotopic (exact) mass is 190 g/mol. The molecule has 2 rings (SSSR count). The topological polar surface area (TPSA) is 47.3 Å². The van der Waals surface area contributed by atoms with Crippen LogP contribution in [0.15, 0.2) is 24.4 Å². The first kappa shape index (κ1) is 9.15. The van der Waals surface area contributed by atoms with Crippen molar-refractivity contribution >= 4 is 5.91 Å². The van der Waals surface area contributed by atoms with Crippen molar-refractivity contribution in [3.63, 3.8) is 0 Å². The molecule has 2 heterocycles. The number of carbonyl (C=O) groups is 1. The molecule has 1 radical (unpaired) electrons. The van der Waals surface area contributed by atoms with Crippen molar-refractivity contribution in [2.24, 2.45) is 0 Å². The minimum absolute atomic E-state index is 0.0990. The molecule has 14 heavy (non-hydrogen) atoms. The van der Waals surface area contributed by atoms with Crippen molar-refractivity contribution in [1.29, 1.82) is 0 Å². The van der Waals surface area contributed by atoms with Crippen molar-refractivity contribution in [1.82, 2.24) is 15.2 Å². The third-order valence-electron chi connectivity index (χ3n) is 2.21. The molecule has 0 spiro atoms. The zero-order chi connectivity index (χ0) is 9.80. The van der Waals surface area contributed by atoms with Gasteiger partial charge < -0.3 is 4.90 Å². The van der Waals surface area contributed by atoms with Crippen LogP contribution < -0.4 is 5.32 Å². The number of hydrogen-bond acceptors (Lipinski definition) is 2. The number of nitrogens with zero attached hydrogens (tertiary/aromatic N) is 3. The number of hydrogen-bond donors (Lipinski definition) is 0. The van der Waals surface area contributed by atoms with Gasteiger partial charge in [-0.25, -0.2) is 5.32 Å². The van der Waals surface area contributed by atoms with Crippen LogP contribution in [0.3, 0.4) is 0 Å². The zero-order valence-corrected chi connectivity index (χ0v) is 7.89. The van der Waals surface area contributed by atoms with Gasteiger partial charge in [0.05, 0.1) is 18.8 Å². The van der Waals surface area contributed by atoms with Gasteiger partial charge in [0.15, 0.2) is 0 Å². The van der Waals surface area contributed by atoms with E-state index in [0.29, 0.717) is 13.1 Å². The molecular weight excluding hydrogens is 178 g/mol. The first-order valence-corrected chi connectivity index (χ1v) is 4.67. The van der Waals surface area contributed by atoms with Gasteiger partial charge in [0.1, 0.15) is 0 Å². The molecule has 0 bridgehead atoms. The Hall–Kier alpha value is -1.42. The largest absolute Gasteiger partial charge is 0.334 e. The molecule has 4 nitrogen and oxygen atoms in total. The van der Waals surface area contributed by atoms with E-state index in [1.165, 1.54) is 0 Å². The molecule has 1 aromatic heterocycles. The van der Waals surface area contributed by atoms with E-state index in [-0.39, 0.29) is 5.91 Å². The van der Waals surface area contributed by atoms with Crippen molar-refractivity contribution in [3.05, 3.63) is 30.1 Å². The summed E-state index contributed by atoms with van der Waals surface area (Å²) in [6.45, 7) is 2.40. The summed E-state index contributed by atoms with van der Waals surface area (Å²) in [4.78, 5) is 17.4. The lowest BCUT2D eigenvalue weighted by atomic mass is 10.3. The Bertz CT molecular complexity index is 312. The van der Waals surface area contributed by atoms with E-state index < -0.39 is 0 Å². The van der Waals surface area contributed by atoms with Crippen LogP contribution in [0.1, 0.15) is 5.69 Å². The number of amides is 1. The van der Waals surface area contributed by atoms with Crippen LogP contribution in [-0.4, -0.2) is 35.4 Å². The highest BCUT2D eigenvalue weighted by molar-refractivity contribution is 5.78. The second-order valence-corrected chi connectivity index (χ2v) is 3.24. The molecule has 1 aromatic rings. The van der Waals surface area contributed by atoms with E-state index in [4.69, 9.17) is 0 Å². The molecule has 1 saturated heterocycles. The molecular formula is C10H12N3O. The van der Waals surface area contributed by atoms with E-state index >= 15 is 0 Å². The maximum absolute atomic E-state index is 11.4. The van der Waals surface area contributed by atoms with Gasteiger partial charge in [-0.05, 0) is 12.1 Å². The third kappa shape index (κ3) is 2.09. The Balaban J connectivity index is 2.00. The standard InChI is InChI=1S/C10H12N3O/c14-10-7-11-5-6-13(10)8-9-3-1-2-4-12-9/h1-4H,5-8H2. The number of piperazine rings is 1. The summed E-state index contributed by atoms with van der Waals surface area (Å²) in [5.74, 6) is 0.0990. The van der Waals surface area contributed by atoms with E-state index in [1.807, 2.05) is 18.2 Å². The van der Waals surface area contributed by atoms with Gasteiger partial charge in [0.2, 0.25) is 5.91 Å². The highest BCUT2D eigenvalue weighted by atomic mass is 16.2. The summed E-state index contributed by atoms with van der Waals surface area (Å²) < 4.78 is 0. The Kier molecular flexibility index (Phi) is 2.74. The predicted molar refractivity (Wildman–Crippen MR) is 51.5 cm³/mol. The highest BCUT2D eigenvalue weighted by Crippen LogP contribution is 2.03. The fraction of sp³-hybridized carbons (Fsp3) is 0.400. The van der Waals surface area contributed by atoms with E-state index in [0.717, 1.165) is 18.8 Å². The first-order valence-electron chi connectivity index (χ1n) is 4.67. The number of rotatable bonds is 2. The van der Waals surface area contributed by atoms with Crippen LogP contribution in [0.4, 0.5) is 0 Å². The Morgan fingerprint density at radius 1 is 1.43 bits per heavy atom. The molecule has 0 aromatic carbocycles. The van der Waals surface area contributed by atoms with E-state index in [1.54, 1.807) is 11.1 Å². The van der Waals surface area contributed by atoms with Crippen molar-refractivity contribution in [2.45, 2.75) is 6.54 Å². The van der Waals surface area contributed by atoms with Gasteiger partial charge in [-0.3, -0.25) is 9.78 Å². The van der Waals surface area contributed by atoms with Gasteiger partial charge in [0.25, 0.3) is 0 Å². The Morgan fingerprint density at radius 2 is 2.36 bits per heavy atom. The zero-order valence-electron chi connectivity index (χ0n) is 7.89. The molecule has 1 aliphatic heterocycles. The fourth-order valence-corrected chi connectivity index (χ4v) is 1.45. The number of aromatic nitrogens is 1. The van der Waals surface area contributed by atoms with E-state index in [2.05, 4.69) is 10.3 Å². The number of carbonyl (C=O) groups excluding carboxylic acids is 1. The summed E-state index contributed by atoms with van der Waals surface area (Å²) in [5.41, 5.74) is 0.933. The first-order chi connectivity index (χ1) is 6.86. The quantitative estimate of drug-likeness (QED) is 0.660. The Morgan fingerprint density at radius 3 is 3.07 bits per heavy atom. The maximum Gasteiger partial charge on any atom is 0.238 e. The molecule has 0 unspecified atom stereocenters. The van der Waals surface area contributed by atoms with Crippen LogP contribution in [0.2, 0.25) is 0 Å². The summed E-state index contributed by atoms with van der Waals surface area (Å²) >= 11 is 0. The second kappa shape index (κ2) is 4.19. The van der Waals surface area contributed by atoms with Gasteiger partial charge in [-0.2, -0.15) is 0 Å². The van der Waals surface area contributed by atoms with Crippen LogP contribution in [-0.2, 0) is 11.3 Å². The van der Waals surface area contributed by atoms with Crippen LogP contribution in [0.25, 0.3) is 0 Å². The second-order valence-electron chi connectivity index (χ2n) is 3.24. The van der Waals surface area contributed by atoms with Crippen LogP contribution in [0, 0.1) is 0 Å². The predicted octanol–water partition coefficient (Wildman–Crippen LogP) is 0.0282. The fourth-order valence-electron chi connectivity index (χ4n) is 1.45. The average Bonchev–Trinajstić information content (AvgIpc) is 2.23. The molecule has 1 fully saturated rings. The molecule has 1 amide bonds. The van der Waals surface area contributed by atoms with Crippen molar-refractivity contribution in [3.8, 4) is 0 Å². The third-order valence-corrected chi connectivity index (χ3v) is 2.21. The average molecular weight is 190 g/mol. The van der Waals surface area contributed by atoms with Gasteiger partial charge >= 0.3 is 0 Å². The lowest BCUT2D eigenvalue weighted by Gasteiger charge is -2.25. The molecule has 1 aliphatic rings. The molecule has 0 atom stereocenters. The van der Waals surface area contributed by atoms with Crippen molar-refractivity contribution in [2.75, 3.05) is 19.6 Å². The van der Waals surface area contributed by atoms with Crippen LogP contribution in [0.5, 0.6) is 0 Å². The molecule has 0 N–H and O–H groups in total. The molecule has 0 aliphatic carbocycles. The minimum atomic E-state index is 0.0990. The molecule has 73 valence electrons.